The highest BCUT2D eigenvalue weighted by atomic mass is 127. The molecule has 0 spiro atoms. The Labute approximate surface area is 133 Å². The van der Waals surface area contributed by atoms with Crippen LogP contribution in [-0.4, -0.2) is 6.04 Å². The molecule has 0 bridgehead atoms. The lowest BCUT2D eigenvalue weighted by Crippen LogP contribution is -2.28. The highest BCUT2D eigenvalue weighted by Crippen LogP contribution is 2.32. The van der Waals surface area contributed by atoms with Gasteiger partial charge in [0.05, 0.1) is 3.57 Å². The standard InChI is InChI=1S/C13H13BrINOS/c1-8(16)13(12-6-9(14)7-18-12)17-11-5-3-2-4-10(11)15/h2-8,13H,16H2,1H3. The Morgan fingerprint density at radius 3 is 2.67 bits per heavy atom. The summed E-state index contributed by atoms with van der Waals surface area (Å²) >= 11 is 7.39. The van der Waals surface area contributed by atoms with Crippen molar-refractivity contribution in [1.82, 2.24) is 0 Å². The SMILES string of the molecule is CC(N)C(Oc1ccccc1I)c1cc(Br)cs1. The maximum Gasteiger partial charge on any atom is 0.148 e. The molecule has 0 fully saturated rings. The second-order valence-electron chi connectivity index (χ2n) is 4.00. The third-order valence-electron chi connectivity index (χ3n) is 2.44. The van der Waals surface area contributed by atoms with Crippen molar-refractivity contribution >= 4 is 49.9 Å². The van der Waals surface area contributed by atoms with Gasteiger partial charge < -0.3 is 10.5 Å². The lowest BCUT2D eigenvalue weighted by atomic mass is 10.1. The number of halogens is 2. The van der Waals surface area contributed by atoms with Crippen molar-refractivity contribution in [1.29, 1.82) is 0 Å². The van der Waals surface area contributed by atoms with Gasteiger partial charge in [-0.05, 0) is 63.6 Å². The topological polar surface area (TPSA) is 35.2 Å². The first-order chi connectivity index (χ1) is 8.58. The molecule has 96 valence electrons. The number of rotatable bonds is 4. The van der Waals surface area contributed by atoms with Gasteiger partial charge in [-0.15, -0.1) is 11.3 Å². The minimum absolute atomic E-state index is 0.0634. The van der Waals surface area contributed by atoms with Crippen LogP contribution in [0, 0.1) is 3.57 Å². The fraction of sp³-hybridized carbons (Fsp3) is 0.231. The maximum atomic E-state index is 6.06. The largest absolute Gasteiger partial charge is 0.482 e. The first-order valence-electron chi connectivity index (χ1n) is 5.48. The molecule has 0 saturated carbocycles. The van der Waals surface area contributed by atoms with Gasteiger partial charge in [0.2, 0.25) is 0 Å². The Morgan fingerprint density at radius 1 is 1.39 bits per heavy atom. The lowest BCUT2D eigenvalue weighted by Gasteiger charge is -2.22. The van der Waals surface area contributed by atoms with E-state index in [1.807, 2.05) is 36.6 Å². The molecule has 5 heteroatoms. The fourth-order valence-corrected chi connectivity index (χ4v) is 3.68. The predicted octanol–water partition coefficient (Wildman–Crippen LogP) is 4.58. The molecule has 2 aromatic rings. The molecule has 0 radical (unpaired) electrons. The van der Waals surface area contributed by atoms with Gasteiger partial charge in [0, 0.05) is 20.8 Å². The van der Waals surface area contributed by atoms with Crippen LogP contribution in [0.1, 0.15) is 17.9 Å². The number of nitrogens with two attached hydrogens (primary N) is 1. The predicted molar refractivity (Wildman–Crippen MR) is 88.2 cm³/mol. The second-order valence-corrected chi connectivity index (χ2v) is 7.02. The Hall–Kier alpha value is -0.110. The van der Waals surface area contributed by atoms with Gasteiger partial charge in [-0.3, -0.25) is 0 Å². The molecule has 0 saturated heterocycles. The van der Waals surface area contributed by atoms with Crippen LogP contribution >= 0.6 is 49.9 Å². The summed E-state index contributed by atoms with van der Waals surface area (Å²) in [5.74, 6) is 0.880. The summed E-state index contributed by atoms with van der Waals surface area (Å²) in [7, 11) is 0. The van der Waals surface area contributed by atoms with E-state index in [0.29, 0.717) is 0 Å². The number of para-hydroxylation sites is 1. The Morgan fingerprint density at radius 2 is 2.11 bits per heavy atom. The molecule has 18 heavy (non-hydrogen) atoms. The average Bonchev–Trinajstić information content (AvgIpc) is 2.74. The van der Waals surface area contributed by atoms with Crippen LogP contribution in [0.15, 0.2) is 40.2 Å². The first-order valence-corrected chi connectivity index (χ1v) is 8.24. The lowest BCUT2D eigenvalue weighted by molar-refractivity contribution is 0.182. The third-order valence-corrected chi connectivity index (χ3v) is 5.08. The van der Waals surface area contributed by atoms with E-state index in [9.17, 15) is 0 Å². The zero-order valence-corrected chi connectivity index (χ0v) is 14.3. The number of hydrogen-bond acceptors (Lipinski definition) is 3. The monoisotopic (exact) mass is 437 g/mol. The molecule has 2 rings (SSSR count). The van der Waals surface area contributed by atoms with Crippen LogP contribution in [0.2, 0.25) is 0 Å². The third kappa shape index (κ3) is 3.46. The van der Waals surface area contributed by atoms with E-state index in [1.54, 1.807) is 11.3 Å². The van der Waals surface area contributed by atoms with E-state index in [4.69, 9.17) is 10.5 Å². The molecule has 1 aromatic carbocycles. The van der Waals surface area contributed by atoms with Crippen LogP contribution in [0.3, 0.4) is 0 Å². The van der Waals surface area contributed by atoms with Crippen molar-refractivity contribution in [2.75, 3.05) is 0 Å². The highest BCUT2D eigenvalue weighted by Gasteiger charge is 2.20. The quantitative estimate of drug-likeness (QED) is 0.710. The van der Waals surface area contributed by atoms with E-state index in [1.165, 1.54) is 0 Å². The zero-order valence-electron chi connectivity index (χ0n) is 9.77. The molecule has 0 aliphatic rings. The minimum Gasteiger partial charge on any atom is -0.482 e. The van der Waals surface area contributed by atoms with Crippen LogP contribution in [0.5, 0.6) is 5.75 Å². The summed E-state index contributed by atoms with van der Waals surface area (Å²) in [5.41, 5.74) is 6.04. The number of ether oxygens (including phenoxy) is 1. The summed E-state index contributed by atoms with van der Waals surface area (Å²) < 4.78 is 8.23. The van der Waals surface area contributed by atoms with Gasteiger partial charge in [0.1, 0.15) is 11.9 Å². The Balaban J connectivity index is 2.25. The van der Waals surface area contributed by atoms with Crippen LogP contribution in [0.4, 0.5) is 0 Å². The second kappa shape index (κ2) is 6.36. The molecule has 0 amide bonds. The van der Waals surface area contributed by atoms with Gasteiger partial charge >= 0.3 is 0 Å². The Kier molecular flexibility index (Phi) is 5.06. The van der Waals surface area contributed by atoms with E-state index < -0.39 is 0 Å². The molecule has 0 aliphatic carbocycles. The van der Waals surface area contributed by atoms with E-state index in [2.05, 4.69) is 44.6 Å². The molecular formula is C13H13BrINOS. The average molecular weight is 438 g/mol. The highest BCUT2D eigenvalue weighted by molar-refractivity contribution is 14.1. The smallest absolute Gasteiger partial charge is 0.148 e. The van der Waals surface area contributed by atoms with Crippen molar-refractivity contribution in [2.24, 2.45) is 5.73 Å². The molecule has 2 N–H and O–H groups in total. The van der Waals surface area contributed by atoms with Crippen LogP contribution < -0.4 is 10.5 Å². The summed E-state index contributed by atoms with van der Waals surface area (Å²) in [6.45, 7) is 1.97. The summed E-state index contributed by atoms with van der Waals surface area (Å²) in [6.07, 6.45) is -0.114. The molecule has 1 aromatic heterocycles. The zero-order chi connectivity index (χ0) is 13.1. The molecule has 0 aliphatic heterocycles. The molecule has 2 atom stereocenters. The summed E-state index contributed by atoms with van der Waals surface area (Å²) in [4.78, 5) is 1.14. The molecular weight excluding hydrogens is 425 g/mol. The normalized spacial score (nSPS) is 14.2. The van der Waals surface area contributed by atoms with Gasteiger partial charge in [-0.2, -0.15) is 0 Å². The van der Waals surface area contributed by atoms with Crippen molar-refractivity contribution in [3.05, 3.63) is 48.6 Å². The van der Waals surface area contributed by atoms with Gasteiger partial charge in [0.25, 0.3) is 0 Å². The van der Waals surface area contributed by atoms with Crippen LogP contribution in [0.25, 0.3) is 0 Å². The summed E-state index contributed by atoms with van der Waals surface area (Å²) in [5, 5.41) is 2.05. The Bertz CT molecular complexity index is 529. The fourth-order valence-electron chi connectivity index (χ4n) is 1.58. The molecule has 1 heterocycles. The maximum absolute atomic E-state index is 6.06. The number of benzene rings is 1. The molecule has 2 unspecified atom stereocenters. The van der Waals surface area contributed by atoms with Gasteiger partial charge in [-0.25, -0.2) is 0 Å². The van der Waals surface area contributed by atoms with Gasteiger partial charge in [0.15, 0.2) is 0 Å². The first kappa shape index (κ1) is 14.3. The van der Waals surface area contributed by atoms with Crippen molar-refractivity contribution in [3.8, 4) is 5.75 Å². The van der Waals surface area contributed by atoms with E-state index in [-0.39, 0.29) is 12.1 Å². The minimum atomic E-state index is -0.114. The van der Waals surface area contributed by atoms with Crippen molar-refractivity contribution in [2.45, 2.75) is 19.1 Å². The van der Waals surface area contributed by atoms with E-state index in [0.717, 1.165) is 18.7 Å². The van der Waals surface area contributed by atoms with E-state index >= 15 is 0 Å². The van der Waals surface area contributed by atoms with Crippen LogP contribution in [-0.2, 0) is 0 Å². The number of hydrogen-bond donors (Lipinski definition) is 1. The van der Waals surface area contributed by atoms with Crippen molar-refractivity contribution < 1.29 is 4.74 Å². The number of thiophene rings is 1. The van der Waals surface area contributed by atoms with Gasteiger partial charge in [-0.1, -0.05) is 12.1 Å². The summed E-state index contributed by atoms with van der Waals surface area (Å²) in [6, 6.07) is 9.97. The van der Waals surface area contributed by atoms with Crippen molar-refractivity contribution in [3.63, 3.8) is 0 Å². The molecule has 2 nitrogen and oxygen atoms in total.